The Morgan fingerprint density at radius 1 is 1.19 bits per heavy atom. The summed E-state index contributed by atoms with van der Waals surface area (Å²) in [4.78, 5) is 35.3. The predicted molar refractivity (Wildman–Crippen MR) is 101 cm³/mol. The van der Waals surface area contributed by atoms with Gasteiger partial charge in [-0.1, -0.05) is 29.3 Å². The number of ketones is 1. The molecule has 0 unspecified atom stereocenters. The molecule has 0 aromatic heterocycles. The molecule has 2 aromatic carbocycles. The maximum Gasteiger partial charge on any atom is 0.331 e. The van der Waals surface area contributed by atoms with Crippen LogP contribution in [0.15, 0.2) is 42.5 Å². The second-order valence-corrected chi connectivity index (χ2v) is 6.42. The van der Waals surface area contributed by atoms with Gasteiger partial charge in [0.25, 0.3) is 5.91 Å². The first-order valence-corrected chi connectivity index (χ1v) is 8.58. The highest BCUT2D eigenvalue weighted by Crippen LogP contribution is 2.28. The van der Waals surface area contributed by atoms with Crippen molar-refractivity contribution in [1.82, 2.24) is 0 Å². The van der Waals surface area contributed by atoms with Gasteiger partial charge in [-0.25, -0.2) is 4.79 Å². The highest BCUT2D eigenvalue weighted by molar-refractivity contribution is 6.35. The number of rotatable bonds is 5. The van der Waals surface area contributed by atoms with Gasteiger partial charge in [0.2, 0.25) is 0 Å². The van der Waals surface area contributed by atoms with E-state index in [1.165, 1.54) is 24.3 Å². The molecule has 1 heterocycles. The molecule has 1 N–H and O–H groups in total. The average molecular weight is 406 g/mol. The van der Waals surface area contributed by atoms with Gasteiger partial charge < -0.3 is 14.8 Å². The number of hydrogen-bond donors (Lipinski definition) is 1. The lowest BCUT2D eigenvalue weighted by Gasteiger charge is -2.18. The van der Waals surface area contributed by atoms with Crippen LogP contribution in [0, 0.1) is 0 Å². The van der Waals surface area contributed by atoms with E-state index in [1.807, 2.05) is 0 Å². The van der Waals surface area contributed by atoms with Crippen LogP contribution in [-0.2, 0) is 14.3 Å². The SMILES string of the molecule is O=C1COc2ccc(C(=O)COC(=O)/C=C/c3ccc(Cl)cc3Cl)cc2N1. The van der Waals surface area contributed by atoms with Crippen LogP contribution in [0.5, 0.6) is 5.75 Å². The number of nitrogens with one attached hydrogen (secondary N) is 1. The zero-order valence-corrected chi connectivity index (χ0v) is 15.3. The van der Waals surface area contributed by atoms with Crippen LogP contribution in [0.25, 0.3) is 6.08 Å². The molecule has 0 aliphatic carbocycles. The molecule has 3 rings (SSSR count). The molecule has 1 amide bonds. The number of hydrogen-bond acceptors (Lipinski definition) is 5. The highest BCUT2D eigenvalue weighted by atomic mass is 35.5. The average Bonchev–Trinajstić information content (AvgIpc) is 2.64. The number of esters is 1. The van der Waals surface area contributed by atoms with Gasteiger partial charge in [-0.2, -0.15) is 0 Å². The molecule has 1 aliphatic rings. The molecule has 6 nitrogen and oxygen atoms in total. The third kappa shape index (κ3) is 4.87. The fourth-order valence-electron chi connectivity index (χ4n) is 2.32. The molecular weight excluding hydrogens is 393 g/mol. The Morgan fingerprint density at radius 3 is 2.78 bits per heavy atom. The van der Waals surface area contributed by atoms with Crippen LogP contribution in [0.1, 0.15) is 15.9 Å². The summed E-state index contributed by atoms with van der Waals surface area (Å²) in [5.74, 6) is -0.927. The molecule has 138 valence electrons. The summed E-state index contributed by atoms with van der Waals surface area (Å²) in [6.45, 7) is -0.507. The van der Waals surface area contributed by atoms with Gasteiger partial charge in [-0.05, 0) is 42.0 Å². The lowest BCUT2D eigenvalue weighted by Crippen LogP contribution is -2.25. The summed E-state index contributed by atoms with van der Waals surface area (Å²) >= 11 is 11.8. The summed E-state index contributed by atoms with van der Waals surface area (Å²) in [5, 5.41) is 3.48. The Balaban J connectivity index is 1.58. The molecule has 27 heavy (non-hydrogen) atoms. The number of amides is 1. The Morgan fingerprint density at radius 2 is 2.00 bits per heavy atom. The topological polar surface area (TPSA) is 81.7 Å². The standard InChI is InChI=1S/C19H13Cl2NO5/c20-13-4-1-11(14(21)8-13)3-6-19(25)27-9-16(23)12-2-5-17-15(7-12)22-18(24)10-26-17/h1-8H,9-10H2,(H,22,24)/b6-3+. The fraction of sp³-hybridized carbons (Fsp3) is 0.105. The van der Waals surface area contributed by atoms with Gasteiger partial charge in [0.05, 0.1) is 5.69 Å². The zero-order valence-electron chi connectivity index (χ0n) is 13.8. The largest absolute Gasteiger partial charge is 0.482 e. The monoisotopic (exact) mass is 405 g/mol. The molecule has 2 aromatic rings. The van der Waals surface area contributed by atoms with E-state index in [-0.39, 0.29) is 18.1 Å². The first-order chi connectivity index (χ1) is 12.9. The van der Waals surface area contributed by atoms with E-state index in [4.69, 9.17) is 32.7 Å². The van der Waals surface area contributed by atoms with Crippen LogP contribution in [0.3, 0.4) is 0 Å². The van der Waals surface area contributed by atoms with Crippen molar-refractivity contribution >= 4 is 52.6 Å². The molecule has 0 bridgehead atoms. The van der Waals surface area contributed by atoms with Crippen molar-refractivity contribution in [2.45, 2.75) is 0 Å². The summed E-state index contributed by atoms with van der Waals surface area (Å²) in [6, 6.07) is 9.44. The zero-order chi connectivity index (χ0) is 19.4. The van der Waals surface area contributed by atoms with E-state index < -0.39 is 18.4 Å². The van der Waals surface area contributed by atoms with Gasteiger partial charge in [-0.15, -0.1) is 0 Å². The van der Waals surface area contributed by atoms with Crippen molar-refractivity contribution in [2.24, 2.45) is 0 Å². The second-order valence-electron chi connectivity index (χ2n) is 5.58. The molecule has 0 saturated heterocycles. The molecular formula is C19H13Cl2NO5. The highest BCUT2D eigenvalue weighted by Gasteiger charge is 2.18. The molecule has 0 atom stereocenters. The summed E-state index contributed by atoms with van der Waals surface area (Å²) < 4.78 is 10.2. The number of anilines is 1. The quantitative estimate of drug-likeness (QED) is 0.465. The van der Waals surface area contributed by atoms with E-state index >= 15 is 0 Å². The smallest absolute Gasteiger partial charge is 0.331 e. The normalized spacial score (nSPS) is 12.9. The van der Waals surface area contributed by atoms with E-state index in [1.54, 1.807) is 24.3 Å². The summed E-state index contributed by atoms with van der Waals surface area (Å²) in [6.07, 6.45) is 2.64. The third-order valence-electron chi connectivity index (χ3n) is 3.64. The number of benzene rings is 2. The van der Waals surface area contributed by atoms with E-state index in [0.29, 0.717) is 27.0 Å². The lowest BCUT2D eigenvalue weighted by molar-refractivity contribution is -0.136. The minimum atomic E-state index is -0.691. The van der Waals surface area contributed by atoms with E-state index in [0.717, 1.165) is 0 Å². The van der Waals surface area contributed by atoms with Crippen LogP contribution in [0.4, 0.5) is 5.69 Å². The van der Waals surface area contributed by atoms with Crippen molar-refractivity contribution in [1.29, 1.82) is 0 Å². The van der Waals surface area contributed by atoms with Gasteiger partial charge in [0.1, 0.15) is 5.75 Å². The Bertz CT molecular complexity index is 955. The Labute approximate surface area is 164 Å². The molecule has 0 saturated carbocycles. The van der Waals surface area contributed by atoms with E-state index in [2.05, 4.69) is 5.32 Å². The number of carbonyl (C=O) groups is 3. The van der Waals surface area contributed by atoms with Crippen molar-refractivity contribution < 1.29 is 23.9 Å². The predicted octanol–water partition coefficient (Wildman–Crippen LogP) is 3.76. The van der Waals surface area contributed by atoms with Gasteiger partial charge >= 0.3 is 5.97 Å². The number of halogens is 2. The summed E-state index contributed by atoms with van der Waals surface area (Å²) in [7, 11) is 0. The molecule has 8 heteroatoms. The van der Waals surface area contributed by atoms with Gasteiger partial charge in [-0.3, -0.25) is 9.59 Å². The number of ether oxygens (including phenoxy) is 2. The van der Waals surface area contributed by atoms with Gasteiger partial charge in [0, 0.05) is 21.7 Å². The molecule has 1 aliphatic heterocycles. The Kier molecular flexibility index (Phi) is 5.78. The van der Waals surface area contributed by atoms with E-state index in [9.17, 15) is 14.4 Å². The molecule has 0 fully saturated rings. The van der Waals surface area contributed by atoms with Crippen LogP contribution in [0.2, 0.25) is 10.0 Å². The summed E-state index contributed by atoms with van der Waals surface area (Å²) in [5.41, 5.74) is 1.28. The van der Waals surface area contributed by atoms with Crippen molar-refractivity contribution in [3.8, 4) is 5.75 Å². The molecule has 0 spiro atoms. The molecule has 0 radical (unpaired) electrons. The maximum atomic E-state index is 12.2. The third-order valence-corrected chi connectivity index (χ3v) is 4.20. The first-order valence-electron chi connectivity index (χ1n) is 7.82. The number of Topliss-reactive ketones (excluding diaryl/α,β-unsaturated/α-hetero) is 1. The van der Waals surface area contributed by atoms with Crippen molar-refractivity contribution in [3.63, 3.8) is 0 Å². The fourth-order valence-corrected chi connectivity index (χ4v) is 2.79. The number of carbonyl (C=O) groups excluding carboxylic acids is 3. The van der Waals surface area contributed by atoms with Crippen molar-refractivity contribution in [2.75, 3.05) is 18.5 Å². The minimum Gasteiger partial charge on any atom is -0.482 e. The maximum absolute atomic E-state index is 12.2. The first kappa shape index (κ1) is 18.9. The van der Waals surface area contributed by atoms with Crippen molar-refractivity contribution in [3.05, 3.63) is 63.6 Å². The van der Waals surface area contributed by atoms with Gasteiger partial charge in [0.15, 0.2) is 19.0 Å². The number of fused-ring (bicyclic) bond motifs is 1. The minimum absolute atomic E-state index is 0.0676. The van der Waals surface area contributed by atoms with Crippen LogP contribution in [-0.4, -0.2) is 30.9 Å². The van der Waals surface area contributed by atoms with Crippen LogP contribution < -0.4 is 10.1 Å². The lowest BCUT2D eigenvalue weighted by atomic mass is 10.1. The Hall–Kier alpha value is -2.83. The second kappa shape index (κ2) is 8.24. The van der Waals surface area contributed by atoms with Crippen LogP contribution >= 0.6 is 23.2 Å².